The summed E-state index contributed by atoms with van der Waals surface area (Å²) in [7, 11) is 0. The maximum absolute atomic E-state index is 8.94. The topological polar surface area (TPSA) is 59.2 Å². The van der Waals surface area contributed by atoms with Crippen LogP contribution in [-0.2, 0) is 6.42 Å². The summed E-state index contributed by atoms with van der Waals surface area (Å²) in [6, 6.07) is 0. The smallest absolute Gasteiger partial charge is 0.244 e. The van der Waals surface area contributed by atoms with Gasteiger partial charge in [0.1, 0.15) is 6.10 Å². The van der Waals surface area contributed by atoms with Crippen LogP contribution in [0.2, 0.25) is 0 Å². The summed E-state index contributed by atoms with van der Waals surface area (Å²) in [4.78, 5) is 0. The molecule has 0 unspecified atom stereocenters. The van der Waals surface area contributed by atoms with Crippen molar-refractivity contribution in [1.29, 1.82) is 0 Å². The minimum Gasteiger partial charge on any atom is -0.422 e. The Bertz CT molecular complexity index is 207. The second-order valence-corrected chi connectivity index (χ2v) is 2.06. The van der Waals surface area contributed by atoms with Crippen LogP contribution in [0.1, 0.15) is 31.7 Å². The molecule has 0 bridgehead atoms. The maximum atomic E-state index is 8.94. The predicted molar refractivity (Wildman–Crippen MR) is 34.3 cm³/mol. The van der Waals surface area contributed by atoms with Crippen LogP contribution in [0, 0.1) is 0 Å². The molecule has 0 aliphatic rings. The average Bonchev–Trinajstić information content (AvgIpc) is 2.34. The van der Waals surface area contributed by atoms with Crippen LogP contribution in [0.15, 0.2) is 4.42 Å². The Labute approximate surface area is 58.9 Å². The minimum atomic E-state index is -0.659. The largest absolute Gasteiger partial charge is 0.422 e. The molecule has 0 aromatic carbocycles. The van der Waals surface area contributed by atoms with Crippen molar-refractivity contribution in [2.24, 2.45) is 0 Å². The second-order valence-electron chi connectivity index (χ2n) is 2.06. The Balaban J connectivity index is 2.78. The van der Waals surface area contributed by atoms with Gasteiger partial charge in [-0.15, -0.1) is 10.2 Å². The third-order valence-corrected chi connectivity index (χ3v) is 1.14. The van der Waals surface area contributed by atoms with Gasteiger partial charge in [-0.1, -0.05) is 6.92 Å². The van der Waals surface area contributed by atoms with Gasteiger partial charge in [0.05, 0.1) is 0 Å². The molecule has 4 heteroatoms. The third kappa shape index (κ3) is 1.33. The van der Waals surface area contributed by atoms with E-state index >= 15 is 0 Å². The van der Waals surface area contributed by atoms with Gasteiger partial charge in [0.25, 0.3) is 0 Å². The molecule has 1 rings (SSSR count). The van der Waals surface area contributed by atoms with Crippen molar-refractivity contribution in [3.8, 4) is 0 Å². The van der Waals surface area contributed by atoms with Crippen molar-refractivity contribution in [3.05, 3.63) is 11.8 Å². The Hall–Kier alpha value is -0.900. The molecule has 0 saturated heterocycles. The fourth-order valence-corrected chi connectivity index (χ4v) is 0.578. The molecule has 1 aromatic heterocycles. The van der Waals surface area contributed by atoms with Crippen LogP contribution in [0.25, 0.3) is 0 Å². The standard InChI is InChI=1S/C6H10N2O2/c1-3-5-7-8-6(10-5)4(2)9/h4,9H,3H2,1-2H3/t4-/m0/s1. The van der Waals surface area contributed by atoms with E-state index in [1.54, 1.807) is 6.92 Å². The molecular formula is C6H10N2O2. The Morgan fingerprint density at radius 1 is 1.60 bits per heavy atom. The highest BCUT2D eigenvalue weighted by Gasteiger charge is 2.08. The minimum absolute atomic E-state index is 0.289. The van der Waals surface area contributed by atoms with Crippen molar-refractivity contribution in [2.45, 2.75) is 26.4 Å². The lowest BCUT2D eigenvalue weighted by Gasteiger charge is -1.92. The van der Waals surface area contributed by atoms with Gasteiger partial charge in [0, 0.05) is 6.42 Å². The van der Waals surface area contributed by atoms with Crippen molar-refractivity contribution in [2.75, 3.05) is 0 Å². The highest BCUT2D eigenvalue weighted by molar-refractivity contribution is 4.83. The molecule has 0 saturated carbocycles. The van der Waals surface area contributed by atoms with Gasteiger partial charge in [-0.2, -0.15) is 0 Å². The molecular weight excluding hydrogens is 132 g/mol. The number of aliphatic hydroxyl groups excluding tert-OH is 1. The molecule has 0 aliphatic heterocycles. The summed E-state index contributed by atoms with van der Waals surface area (Å²) in [6.45, 7) is 3.51. The van der Waals surface area contributed by atoms with Gasteiger partial charge >= 0.3 is 0 Å². The second kappa shape index (κ2) is 2.79. The average molecular weight is 142 g/mol. The van der Waals surface area contributed by atoms with Gasteiger partial charge in [-0.3, -0.25) is 0 Å². The Morgan fingerprint density at radius 2 is 2.30 bits per heavy atom. The highest BCUT2D eigenvalue weighted by atomic mass is 16.4. The number of rotatable bonds is 2. The molecule has 1 heterocycles. The van der Waals surface area contributed by atoms with E-state index in [2.05, 4.69) is 10.2 Å². The van der Waals surface area contributed by atoms with E-state index in [1.807, 2.05) is 6.92 Å². The van der Waals surface area contributed by atoms with Gasteiger partial charge in [0.15, 0.2) is 0 Å². The molecule has 56 valence electrons. The van der Waals surface area contributed by atoms with E-state index in [0.717, 1.165) is 0 Å². The normalized spacial score (nSPS) is 13.5. The van der Waals surface area contributed by atoms with Crippen LogP contribution in [-0.4, -0.2) is 15.3 Å². The summed E-state index contributed by atoms with van der Waals surface area (Å²) in [6.07, 6.45) is 0.0486. The number of aryl methyl sites for hydroxylation is 1. The van der Waals surface area contributed by atoms with E-state index in [0.29, 0.717) is 12.3 Å². The van der Waals surface area contributed by atoms with Crippen LogP contribution in [0.3, 0.4) is 0 Å². The van der Waals surface area contributed by atoms with Gasteiger partial charge < -0.3 is 9.52 Å². The number of hydrogen-bond acceptors (Lipinski definition) is 4. The number of aliphatic hydroxyl groups is 1. The molecule has 0 radical (unpaired) electrons. The number of nitrogens with zero attached hydrogens (tertiary/aromatic N) is 2. The first-order valence-corrected chi connectivity index (χ1v) is 3.24. The van der Waals surface area contributed by atoms with Crippen LogP contribution < -0.4 is 0 Å². The van der Waals surface area contributed by atoms with Crippen molar-refractivity contribution < 1.29 is 9.52 Å². The quantitative estimate of drug-likeness (QED) is 0.659. The van der Waals surface area contributed by atoms with Crippen LogP contribution in [0.5, 0.6) is 0 Å². The van der Waals surface area contributed by atoms with Crippen molar-refractivity contribution >= 4 is 0 Å². The van der Waals surface area contributed by atoms with Gasteiger partial charge in [0.2, 0.25) is 11.8 Å². The lowest BCUT2D eigenvalue weighted by molar-refractivity contribution is 0.161. The first kappa shape index (κ1) is 7.21. The third-order valence-electron chi connectivity index (χ3n) is 1.14. The summed E-state index contributed by atoms with van der Waals surface area (Å²) in [5.74, 6) is 0.854. The first-order chi connectivity index (χ1) is 4.74. The Kier molecular flexibility index (Phi) is 2.01. The zero-order chi connectivity index (χ0) is 7.56. The lowest BCUT2D eigenvalue weighted by Crippen LogP contribution is -1.89. The molecule has 1 aromatic rings. The van der Waals surface area contributed by atoms with E-state index in [9.17, 15) is 0 Å². The highest BCUT2D eigenvalue weighted by Crippen LogP contribution is 2.09. The predicted octanol–water partition coefficient (Wildman–Crippen LogP) is 0.685. The SMILES string of the molecule is CCc1nnc([C@H](C)O)o1. The van der Waals surface area contributed by atoms with E-state index in [1.165, 1.54) is 0 Å². The molecule has 0 fully saturated rings. The lowest BCUT2D eigenvalue weighted by atomic mass is 10.4. The van der Waals surface area contributed by atoms with Crippen LogP contribution >= 0.6 is 0 Å². The monoisotopic (exact) mass is 142 g/mol. The summed E-state index contributed by atoms with van der Waals surface area (Å²) >= 11 is 0. The number of aromatic nitrogens is 2. The fraction of sp³-hybridized carbons (Fsp3) is 0.667. The molecule has 1 N–H and O–H groups in total. The van der Waals surface area contributed by atoms with Crippen molar-refractivity contribution in [1.82, 2.24) is 10.2 Å². The number of hydrogen-bond donors (Lipinski definition) is 1. The molecule has 0 aliphatic carbocycles. The van der Waals surface area contributed by atoms with E-state index in [4.69, 9.17) is 9.52 Å². The molecule has 0 spiro atoms. The van der Waals surface area contributed by atoms with Crippen LogP contribution in [0.4, 0.5) is 0 Å². The van der Waals surface area contributed by atoms with E-state index in [-0.39, 0.29) is 5.89 Å². The zero-order valence-corrected chi connectivity index (χ0v) is 6.03. The summed E-state index contributed by atoms with van der Waals surface area (Å²) in [5.41, 5.74) is 0. The Morgan fingerprint density at radius 3 is 2.60 bits per heavy atom. The maximum Gasteiger partial charge on any atom is 0.244 e. The molecule has 10 heavy (non-hydrogen) atoms. The van der Waals surface area contributed by atoms with Gasteiger partial charge in [-0.25, -0.2) is 0 Å². The molecule has 4 nitrogen and oxygen atoms in total. The molecule has 0 amide bonds. The molecule has 1 atom stereocenters. The summed E-state index contributed by atoms with van der Waals surface area (Å²) < 4.78 is 5.02. The fourth-order valence-electron chi connectivity index (χ4n) is 0.578. The zero-order valence-electron chi connectivity index (χ0n) is 6.03. The first-order valence-electron chi connectivity index (χ1n) is 3.24. The summed E-state index contributed by atoms with van der Waals surface area (Å²) in [5, 5.41) is 16.2. The van der Waals surface area contributed by atoms with Crippen molar-refractivity contribution in [3.63, 3.8) is 0 Å². The van der Waals surface area contributed by atoms with Gasteiger partial charge in [-0.05, 0) is 6.92 Å². The van der Waals surface area contributed by atoms with E-state index < -0.39 is 6.10 Å².